The van der Waals surface area contributed by atoms with Gasteiger partial charge in [-0.3, -0.25) is 14.5 Å². The summed E-state index contributed by atoms with van der Waals surface area (Å²) in [6, 6.07) is 10.6. The molecule has 2 heterocycles. The number of hydrogen-bond acceptors (Lipinski definition) is 7. The number of hydrogen-bond donors (Lipinski definition) is 2. The number of nitrogens with zero attached hydrogens (tertiary/aromatic N) is 3. The predicted octanol–water partition coefficient (Wildman–Crippen LogP) is 3.78. The van der Waals surface area contributed by atoms with Crippen LogP contribution in [0.2, 0.25) is 0 Å². The van der Waals surface area contributed by atoms with Crippen molar-refractivity contribution in [2.24, 2.45) is 0 Å². The molecule has 152 valence electrons. The van der Waals surface area contributed by atoms with Crippen molar-refractivity contribution in [2.75, 3.05) is 23.7 Å². The molecule has 1 aromatic carbocycles. The number of likely N-dealkylation sites (N-methyl/N-ethyl adjacent to an activating group) is 1. The number of thiophene rings is 1. The fourth-order valence-electron chi connectivity index (χ4n) is 2.81. The molecule has 0 fully saturated rings. The van der Waals surface area contributed by atoms with E-state index in [0.717, 1.165) is 4.88 Å². The highest BCUT2D eigenvalue weighted by Crippen LogP contribution is 2.26. The van der Waals surface area contributed by atoms with Crippen LogP contribution in [0.1, 0.15) is 32.7 Å². The van der Waals surface area contributed by atoms with Crippen LogP contribution >= 0.6 is 11.3 Å². The van der Waals surface area contributed by atoms with Gasteiger partial charge in [-0.1, -0.05) is 13.0 Å². The smallest absolute Gasteiger partial charge is 0.257 e. The number of benzene rings is 1. The molecule has 0 aliphatic carbocycles. The minimum absolute atomic E-state index is 0.141. The first-order valence-corrected chi connectivity index (χ1v) is 10.1. The Labute approximate surface area is 172 Å². The molecular formula is C20H23N5O3S. The highest BCUT2D eigenvalue weighted by molar-refractivity contribution is 7.13. The van der Waals surface area contributed by atoms with Crippen LogP contribution in [-0.4, -0.2) is 40.0 Å². The van der Waals surface area contributed by atoms with E-state index in [1.807, 2.05) is 36.3 Å². The van der Waals surface area contributed by atoms with Gasteiger partial charge in [0.1, 0.15) is 0 Å². The van der Waals surface area contributed by atoms with Gasteiger partial charge in [-0.25, -0.2) is 0 Å². The zero-order chi connectivity index (χ0) is 20.8. The molecule has 0 saturated heterocycles. The lowest BCUT2D eigenvalue weighted by Gasteiger charge is -2.24. The Morgan fingerprint density at radius 1 is 1.14 bits per heavy atom. The summed E-state index contributed by atoms with van der Waals surface area (Å²) in [7, 11) is 0. The molecule has 3 aromatic rings. The highest BCUT2D eigenvalue weighted by atomic mass is 32.1. The number of aromatic nitrogens is 2. The second-order valence-electron chi connectivity index (χ2n) is 6.47. The van der Waals surface area contributed by atoms with Gasteiger partial charge < -0.3 is 15.1 Å². The summed E-state index contributed by atoms with van der Waals surface area (Å²) in [5, 5.41) is 15.8. The van der Waals surface area contributed by atoms with E-state index in [9.17, 15) is 9.59 Å². The van der Waals surface area contributed by atoms with Crippen LogP contribution in [0.15, 0.2) is 46.2 Å². The lowest BCUT2D eigenvalue weighted by atomic mass is 10.2. The molecule has 0 bridgehead atoms. The van der Waals surface area contributed by atoms with Crippen LogP contribution < -0.4 is 10.6 Å². The van der Waals surface area contributed by atoms with Crippen LogP contribution in [0.5, 0.6) is 0 Å². The SMILES string of the molecule is CCN(CC(=O)Nc1ccc(NC(C)=O)cc1)[C@@H](C)c1nnc(-c2cccs2)o1. The summed E-state index contributed by atoms with van der Waals surface area (Å²) in [4.78, 5) is 26.4. The van der Waals surface area contributed by atoms with Gasteiger partial charge in [0, 0.05) is 18.3 Å². The molecule has 2 aromatic heterocycles. The van der Waals surface area contributed by atoms with Gasteiger partial charge in [0.05, 0.1) is 17.5 Å². The van der Waals surface area contributed by atoms with Crippen molar-refractivity contribution in [3.63, 3.8) is 0 Å². The molecule has 1 atom stereocenters. The average Bonchev–Trinajstić information content (AvgIpc) is 3.38. The Kier molecular flexibility index (Phi) is 6.73. The zero-order valence-corrected chi connectivity index (χ0v) is 17.3. The van der Waals surface area contributed by atoms with E-state index >= 15 is 0 Å². The monoisotopic (exact) mass is 413 g/mol. The summed E-state index contributed by atoms with van der Waals surface area (Å²) in [6.45, 7) is 6.19. The molecule has 29 heavy (non-hydrogen) atoms. The second-order valence-corrected chi connectivity index (χ2v) is 7.42. The summed E-state index contributed by atoms with van der Waals surface area (Å²) in [5.74, 6) is 0.672. The highest BCUT2D eigenvalue weighted by Gasteiger charge is 2.23. The first-order chi connectivity index (χ1) is 14.0. The van der Waals surface area contributed by atoms with Gasteiger partial charge in [0.2, 0.25) is 17.7 Å². The number of nitrogens with one attached hydrogen (secondary N) is 2. The molecule has 2 amide bonds. The van der Waals surface area contributed by atoms with E-state index in [1.54, 1.807) is 24.3 Å². The third kappa shape index (κ3) is 5.49. The number of amides is 2. The van der Waals surface area contributed by atoms with Crippen molar-refractivity contribution in [3.8, 4) is 10.8 Å². The minimum atomic E-state index is -0.200. The fraction of sp³-hybridized carbons (Fsp3) is 0.300. The van der Waals surface area contributed by atoms with Gasteiger partial charge in [0.25, 0.3) is 5.89 Å². The molecule has 0 saturated carbocycles. The van der Waals surface area contributed by atoms with Gasteiger partial charge in [-0.2, -0.15) is 0 Å². The second kappa shape index (κ2) is 9.44. The van der Waals surface area contributed by atoms with Gasteiger partial charge in [0.15, 0.2) is 0 Å². The summed E-state index contributed by atoms with van der Waals surface area (Å²) >= 11 is 1.53. The first-order valence-electron chi connectivity index (χ1n) is 9.25. The third-order valence-electron chi connectivity index (χ3n) is 4.32. The topological polar surface area (TPSA) is 100 Å². The molecule has 8 nitrogen and oxygen atoms in total. The van der Waals surface area contributed by atoms with Gasteiger partial charge >= 0.3 is 0 Å². The van der Waals surface area contributed by atoms with Crippen molar-refractivity contribution in [3.05, 3.63) is 47.7 Å². The van der Waals surface area contributed by atoms with Crippen LogP contribution in [0.4, 0.5) is 11.4 Å². The van der Waals surface area contributed by atoms with Crippen LogP contribution in [-0.2, 0) is 9.59 Å². The molecule has 2 N–H and O–H groups in total. The lowest BCUT2D eigenvalue weighted by molar-refractivity contribution is -0.118. The quantitative estimate of drug-likeness (QED) is 0.583. The Hall–Kier alpha value is -3.04. The van der Waals surface area contributed by atoms with E-state index in [2.05, 4.69) is 20.8 Å². The van der Waals surface area contributed by atoms with E-state index in [0.29, 0.717) is 29.7 Å². The van der Waals surface area contributed by atoms with Crippen LogP contribution in [0, 0.1) is 0 Å². The Balaban J connectivity index is 1.60. The third-order valence-corrected chi connectivity index (χ3v) is 5.18. The normalized spacial score (nSPS) is 12.0. The van der Waals surface area contributed by atoms with Crippen molar-refractivity contribution >= 4 is 34.5 Å². The number of carbonyl (C=O) groups excluding carboxylic acids is 2. The van der Waals surface area contributed by atoms with Crippen LogP contribution in [0.25, 0.3) is 10.8 Å². The number of rotatable bonds is 8. The largest absolute Gasteiger partial charge is 0.418 e. The van der Waals surface area contributed by atoms with E-state index in [4.69, 9.17) is 4.42 Å². The van der Waals surface area contributed by atoms with Crippen LogP contribution in [0.3, 0.4) is 0 Å². The molecule has 0 radical (unpaired) electrons. The number of carbonyl (C=O) groups is 2. The molecule has 0 aliphatic heterocycles. The average molecular weight is 414 g/mol. The molecule has 0 spiro atoms. The van der Waals surface area contributed by atoms with Gasteiger partial charge in [-0.05, 0) is 49.2 Å². The Bertz CT molecular complexity index is 953. The molecule has 0 aliphatic rings. The van der Waals surface area contributed by atoms with E-state index in [1.165, 1.54) is 18.3 Å². The fourth-order valence-corrected chi connectivity index (χ4v) is 3.45. The summed E-state index contributed by atoms with van der Waals surface area (Å²) in [6.07, 6.45) is 0. The maximum Gasteiger partial charge on any atom is 0.257 e. The lowest BCUT2D eigenvalue weighted by Crippen LogP contribution is -2.35. The predicted molar refractivity (Wildman–Crippen MR) is 113 cm³/mol. The molecular weight excluding hydrogens is 390 g/mol. The summed E-state index contributed by atoms with van der Waals surface area (Å²) < 4.78 is 5.80. The van der Waals surface area contributed by atoms with Crippen molar-refractivity contribution in [1.29, 1.82) is 0 Å². The number of anilines is 2. The zero-order valence-electron chi connectivity index (χ0n) is 16.5. The maximum atomic E-state index is 12.5. The Morgan fingerprint density at radius 2 is 1.83 bits per heavy atom. The van der Waals surface area contributed by atoms with Gasteiger partial charge in [-0.15, -0.1) is 21.5 Å². The molecule has 3 rings (SSSR count). The van der Waals surface area contributed by atoms with Crippen molar-refractivity contribution in [1.82, 2.24) is 15.1 Å². The van der Waals surface area contributed by atoms with Crippen molar-refractivity contribution in [2.45, 2.75) is 26.8 Å². The first kappa shape index (κ1) is 20.7. The molecule has 9 heteroatoms. The molecule has 0 unspecified atom stereocenters. The maximum absolute atomic E-state index is 12.5. The minimum Gasteiger partial charge on any atom is -0.418 e. The van der Waals surface area contributed by atoms with Crippen molar-refractivity contribution < 1.29 is 14.0 Å². The van der Waals surface area contributed by atoms with E-state index < -0.39 is 0 Å². The Morgan fingerprint density at radius 3 is 2.41 bits per heavy atom. The standard InChI is InChI=1S/C20H23N5O3S/c1-4-25(13(2)19-23-24-20(28-19)17-6-5-11-29-17)12-18(27)22-16-9-7-15(8-10-16)21-14(3)26/h5-11,13H,4,12H2,1-3H3,(H,21,26)(H,22,27)/t13-/m0/s1. The summed E-state index contributed by atoms with van der Waals surface area (Å²) in [5.41, 5.74) is 1.34. The van der Waals surface area contributed by atoms with E-state index in [-0.39, 0.29) is 24.4 Å².